The van der Waals surface area contributed by atoms with Crippen LogP contribution in [0.1, 0.15) is 12.5 Å². The molecule has 0 unspecified atom stereocenters. The van der Waals surface area contributed by atoms with Gasteiger partial charge in [0.05, 0.1) is 19.4 Å². The molecule has 4 aromatic rings. The molecule has 4 rings (SSSR count). The molecule has 10 heteroatoms. The highest BCUT2D eigenvalue weighted by atomic mass is 32.2. The second-order valence-electron chi connectivity index (χ2n) is 7.14. The number of rotatable bonds is 8. The number of nitrogens with zero attached hydrogens (tertiary/aromatic N) is 3. The molecule has 0 bridgehead atoms. The highest BCUT2D eigenvalue weighted by molar-refractivity contribution is 7.93. The van der Waals surface area contributed by atoms with E-state index in [9.17, 15) is 8.42 Å². The Bertz CT molecular complexity index is 1360. The van der Waals surface area contributed by atoms with E-state index >= 15 is 0 Å². The molecular formula is C23H23N3O5S2. The van der Waals surface area contributed by atoms with Gasteiger partial charge in [-0.25, -0.2) is 8.42 Å². The standard InChI is InChI=1S/C23H23N3O5S2/c1-5-30-18-11-8-16(14-19(18)29-4)22-24-23(31-25-22)21-20(12-13-32-21)33(27,28)26(3)17-9-6-15(2)7-10-17/h6-14H,5H2,1-4H3. The molecular weight excluding hydrogens is 462 g/mol. The summed E-state index contributed by atoms with van der Waals surface area (Å²) in [5.74, 6) is 1.59. The topological polar surface area (TPSA) is 94.8 Å². The highest BCUT2D eigenvalue weighted by Gasteiger charge is 2.28. The van der Waals surface area contributed by atoms with Gasteiger partial charge in [0.15, 0.2) is 11.5 Å². The normalized spacial score (nSPS) is 11.4. The minimum absolute atomic E-state index is 0.107. The van der Waals surface area contributed by atoms with Crippen LogP contribution >= 0.6 is 11.3 Å². The van der Waals surface area contributed by atoms with Gasteiger partial charge in [-0.3, -0.25) is 4.31 Å². The van der Waals surface area contributed by atoms with Crippen molar-refractivity contribution in [1.29, 1.82) is 0 Å². The van der Waals surface area contributed by atoms with Crippen molar-refractivity contribution < 1.29 is 22.4 Å². The molecule has 0 saturated heterocycles. The molecule has 8 nitrogen and oxygen atoms in total. The molecule has 0 aliphatic carbocycles. The maximum atomic E-state index is 13.3. The maximum absolute atomic E-state index is 13.3. The van der Waals surface area contributed by atoms with Crippen molar-refractivity contribution in [2.24, 2.45) is 0 Å². The first-order chi connectivity index (χ1) is 15.8. The summed E-state index contributed by atoms with van der Waals surface area (Å²) in [6, 6.07) is 14.1. The lowest BCUT2D eigenvalue weighted by Gasteiger charge is -2.19. The number of hydrogen-bond acceptors (Lipinski definition) is 8. The molecule has 0 fully saturated rings. The molecule has 2 aromatic carbocycles. The molecule has 172 valence electrons. The number of hydrogen-bond donors (Lipinski definition) is 0. The van der Waals surface area contributed by atoms with E-state index in [0.717, 1.165) is 5.56 Å². The summed E-state index contributed by atoms with van der Waals surface area (Å²) in [4.78, 5) is 4.93. The van der Waals surface area contributed by atoms with E-state index in [1.165, 1.54) is 22.7 Å². The van der Waals surface area contributed by atoms with E-state index in [1.807, 2.05) is 26.0 Å². The Morgan fingerprint density at radius 3 is 2.55 bits per heavy atom. The zero-order valence-electron chi connectivity index (χ0n) is 18.6. The van der Waals surface area contributed by atoms with Crippen LogP contribution in [-0.2, 0) is 10.0 Å². The number of aryl methyl sites for hydroxylation is 1. The summed E-state index contributed by atoms with van der Waals surface area (Å²) in [5, 5.41) is 5.73. The number of thiophene rings is 1. The third-order valence-corrected chi connectivity index (χ3v) is 7.87. The second kappa shape index (κ2) is 9.24. The summed E-state index contributed by atoms with van der Waals surface area (Å²) in [5.41, 5.74) is 2.26. The molecule has 0 N–H and O–H groups in total. The average Bonchev–Trinajstić information content (AvgIpc) is 3.49. The van der Waals surface area contributed by atoms with Crippen LogP contribution in [0.3, 0.4) is 0 Å². The molecule has 0 amide bonds. The number of sulfonamides is 1. The monoisotopic (exact) mass is 485 g/mol. The molecule has 33 heavy (non-hydrogen) atoms. The molecule has 2 heterocycles. The molecule has 0 aliphatic heterocycles. The first kappa shape index (κ1) is 22.8. The largest absolute Gasteiger partial charge is 0.493 e. The lowest BCUT2D eigenvalue weighted by molar-refractivity contribution is 0.311. The van der Waals surface area contributed by atoms with Crippen LogP contribution in [0.5, 0.6) is 11.5 Å². The van der Waals surface area contributed by atoms with E-state index in [4.69, 9.17) is 14.0 Å². The van der Waals surface area contributed by atoms with Gasteiger partial charge in [0, 0.05) is 12.6 Å². The van der Waals surface area contributed by atoms with Gasteiger partial charge in [-0.1, -0.05) is 22.9 Å². The van der Waals surface area contributed by atoms with Crippen LogP contribution in [0.25, 0.3) is 22.2 Å². The number of methoxy groups -OCH3 is 1. The fourth-order valence-electron chi connectivity index (χ4n) is 3.21. The summed E-state index contributed by atoms with van der Waals surface area (Å²) in [6.45, 7) is 4.35. The van der Waals surface area contributed by atoms with Gasteiger partial charge in [-0.05, 0) is 55.6 Å². The van der Waals surface area contributed by atoms with Gasteiger partial charge in [0.25, 0.3) is 15.9 Å². The molecule has 2 aromatic heterocycles. The van der Waals surface area contributed by atoms with Crippen molar-refractivity contribution in [1.82, 2.24) is 10.1 Å². The summed E-state index contributed by atoms with van der Waals surface area (Å²) < 4.78 is 44.3. The molecule has 0 radical (unpaired) electrons. The van der Waals surface area contributed by atoms with E-state index in [0.29, 0.717) is 40.1 Å². The maximum Gasteiger partial charge on any atom is 0.269 e. The van der Waals surface area contributed by atoms with Gasteiger partial charge in [-0.15, -0.1) is 11.3 Å². The molecule has 0 atom stereocenters. The quantitative estimate of drug-likeness (QED) is 0.346. The van der Waals surface area contributed by atoms with Crippen molar-refractivity contribution in [3.63, 3.8) is 0 Å². The van der Waals surface area contributed by atoms with Crippen molar-refractivity contribution in [2.45, 2.75) is 18.7 Å². The third kappa shape index (κ3) is 4.44. The summed E-state index contributed by atoms with van der Waals surface area (Å²) in [7, 11) is -0.766. The van der Waals surface area contributed by atoms with E-state index < -0.39 is 10.0 Å². The van der Waals surface area contributed by atoms with E-state index in [-0.39, 0.29) is 10.8 Å². The summed E-state index contributed by atoms with van der Waals surface area (Å²) >= 11 is 1.22. The highest BCUT2D eigenvalue weighted by Crippen LogP contribution is 2.37. The van der Waals surface area contributed by atoms with Crippen LogP contribution in [0.4, 0.5) is 5.69 Å². The smallest absolute Gasteiger partial charge is 0.269 e. The Hall–Kier alpha value is -3.37. The zero-order chi connectivity index (χ0) is 23.6. The van der Waals surface area contributed by atoms with Crippen molar-refractivity contribution in [2.75, 3.05) is 25.1 Å². The number of anilines is 1. The lowest BCUT2D eigenvalue weighted by Crippen LogP contribution is -2.26. The van der Waals surface area contributed by atoms with Crippen LogP contribution < -0.4 is 13.8 Å². The minimum Gasteiger partial charge on any atom is -0.493 e. The van der Waals surface area contributed by atoms with Crippen LogP contribution in [0.15, 0.2) is 63.3 Å². The number of ether oxygens (including phenoxy) is 2. The van der Waals surface area contributed by atoms with Crippen molar-refractivity contribution in [3.05, 3.63) is 59.5 Å². The fraction of sp³-hybridized carbons (Fsp3) is 0.217. The predicted molar refractivity (Wildman–Crippen MR) is 128 cm³/mol. The minimum atomic E-state index is -3.84. The van der Waals surface area contributed by atoms with E-state index in [1.54, 1.807) is 48.9 Å². The molecule has 0 saturated carbocycles. The average molecular weight is 486 g/mol. The first-order valence-corrected chi connectivity index (χ1v) is 12.5. The Kier molecular flexibility index (Phi) is 6.39. The Morgan fingerprint density at radius 1 is 1.09 bits per heavy atom. The summed E-state index contributed by atoms with van der Waals surface area (Å²) in [6.07, 6.45) is 0. The van der Waals surface area contributed by atoms with Crippen molar-refractivity contribution >= 4 is 27.0 Å². The molecule has 0 aliphatic rings. The zero-order valence-corrected chi connectivity index (χ0v) is 20.2. The lowest BCUT2D eigenvalue weighted by atomic mass is 10.2. The van der Waals surface area contributed by atoms with Gasteiger partial charge >= 0.3 is 0 Å². The van der Waals surface area contributed by atoms with Crippen molar-refractivity contribution in [3.8, 4) is 33.7 Å². The number of benzene rings is 2. The van der Waals surface area contributed by atoms with Crippen LogP contribution in [0, 0.1) is 6.92 Å². The molecule has 0 spiro atoms. The van der Waals surface area contributed by atoms with Crippen LogP contribution in [-0.4, -0.2) is 39.3 Å². The Balaban J connectivity index is 1.67. The van der Waals surface area contributed by atoms with E-state index in [2.05, 4.69) is 10.1 Å². The van der Waals surface area contributed by atoms with Gasteiger partial charge in [-0.2, -0.15) is 4.98 Å². The first-order valence-electron chi connectivity index (χ1n) is 10.1. The van der Waals surface area contributed by atoms with Crippen LogP contribution in [0.2, 0.25) is 0 Å². The Morgan fingerprint density at radius 2 is 1.85 bits per heavy atom. The fourth-order valence-corrected chi connectivity index (χ4v) is 5.72. The van der Waals surface area contributed by atoms with Gasteiger partial charge in [0.1, 0.15) is 9.77 Å². The Labute approximate surface area is 196 Å². The van der Waals surface area contributed by atoms with Gasteiger partial charge < -0.3 is 14.0 Å². The van der Waals surface area contributed by atoms with Gasteiger partial charge in [0.2, 0.25) is 5.82 Å². The third-order valence-electron chi connectivity index (χ3n) is 5.01. The predicted octanol–water partition coefficient (Wildman–Crippen LogP) is 5.01. The number of aromatic nitrogens is 2. The second-order valence-corrected chi connectivity index (χ2v) is 10.00. The SMILES string of the molecule is CCOc1ccc(-c2noc(-c3sccc3S(=O)(=O)N(C)c3ccc(C)cc3)n2)cc1OC.